The SMILES string of the molecule is O=S(=O)(Oc1cccc2c(N(c3ccccc3)c3ccccc3)c3c(cc12)oc1ccc(N(c2ccccc2)c2ccccc2)cc13)C(F)(F)F. The van der Waals surface area contributed by atoms with Crippen molar-refractivity contribution < 1.29 is 30.2 Å². The van der Waals surface area contributed by atoms with Crippen molar-refractivity contribution >= 4 is 77.0 Å². The van der Waals surface area contributed by atoms with Crippen molar-refractivity contribution in [1.82, 2.24) is 0 Å². The predicted molar refractivity (Wildman–Crippen MR) is 196 cm³/mol. The van der Waals surface area contributed by atoms with Gasteiger partial charge in [-0.15, -0.1) is 0 Å². The maximum absolute atomic E-state index is 13.6. The lowest BCUT2D eigenvalue weighted by molar-refractivity contribution is -0.0499. The molecule has 0 unspecified atom stereocenters. The van der Waals surface area contributed by atoms with Gasteiger partial charge in [0, 0.05) is 44.6 Å². The third-order valence-corrected chi connectivity index (χ3v) is 9.52. The highest BCUT2D eigenvalue weighted by atomic mass is 32.2. The van der Waals surface area contributed by atoms with Crippen molar-refractivity contribution in [3.63, 3.8) is 0 Å². The van der Waals surface area contributed by atoms with Crippen LogP contribution in [0, 0.1) is 0 Å². The Bertz CT molecular complexity index is 2540. The van der Waals surface area contributed by atoms with E-state index in [1.54, 1.807) is 6.07 Å². The largest absolute Gasteiger partial charge is 0.534 e. The number of rotatable bonds is 8. The Labute approximate surface area is 291 Å². The molecular weight excluding hydrogens is 674 g/mol. The maximum Gasteiger partial charge on any atom is 0.534 e. The van der Waals surface area contributed by atoms with Gasteiger partial charge in [-0.2, -0.15) is 21.6 Å². The van der Waals surface area contributed by atoms with Gasteiger partial charge in [0.05, 0.1) is 11.1 Å². The molecule has 0 aliphatic carbocycles. The zero-order chi connectivity index (χ0) is 35.2. The topological polar surface area (TPSA) is 63.0 Å². The van der Waals surface area contributed by atoms with Gasteiger partial charge in [-0.3, -0.25) is 0 Å². The lowest BCUT2D eigenvalue weighted by Gasteiger charge is -2.28. The standard InChI is InChI=1S/C41H27F3N2O4S/c42-41(43,44)51(47,48)50-37-23-13-22-33-34(37)27-38-39(40(33)46(30-18-9-3-10-19-30)31-20-11-4-12-21-31)35-26-32(24-25-36(35)49-38)45(28-14-5-1-6-15-28)29-16-7-2-8-17-29/h1-27H. The normalized spacial score (nSPS) is 12.0. The molecule has 1 heterocycles. The van der Waals surface area contributed by atoms with Crippen molar-refractivity contribution in [3.05, 3.63) is 164 Å². The number of halogens is 3. The maximum atomic E-state index is 13.6. The molecule has 51 heavy (non-hydrogen) atoms. The van der Waals surface area contributed by atoms with E-state index in [9.17, 15) is 21.6 Å². The number of hydrogen-bond acceptors (Lipinski definition) is 6. The van der Waals surface area contributed by atoms with E-state index in [4.69, 9.17) is 8.60 Å². The summed E-state index contributed by atoms with van der Waals surface area (Å²) >= 11 is 0. The van der Waals surface area contributed by atoms with E-state index in [1.165, 1.54) is 18.2 Å². The molecule has 0 amide bonds. The highest BCUT2D eigenvalue weighted by Gasteiger charge is 2.48. The Balaban J connectivity index is 1.47. The summed E-state index contributed by atoms with van der Waals surface area (Å²) in [6.07, 6.45) is 0. The molecule has 0 saturated carbocycles. The molecule has 0 spiro atoms. The summed E-state index contributed by atoms with van der Waals surface area (Å²) in [6.45, 7) is 0. The molecule has 10 heteroatoms. The number of furan rings is 1. The van der Waals surface area contributed by atoms with Crippen LogP contribution in [0.4, 0.5) is 47.3 Å². The van der Waals surface area contributed by atoms with Gasteiger partial charge in [0.2, 0.25) is 0 Å². The molecule has 0 aliphatic rings. The summed E-state index contributed by atoms with van der Waals surface area (Å²) in [4.78, 5) is 4.11. The number of anilines is 6. The van der Waals surface area contributed by atoms with Crippen LogP contribution in [0.1, 0.15) is 0 Å². The molecule has 7 aromatic carbocycles. The predicted octanol–water partition coefficient (Wildman–Crippen LogP) is 11.9. The molecule has 6 nitrogen and oxygen atoms in total. The van der Waals surface area contributed by atoms with E-state index in [0.717, 1.165) is 33.8 Å². The second kappa shape index (κ2) is 12.6. The molecule has 0 fully saturated rings. The summed E-state index contributed by atoms with van der Waals surface area (Å²) in [7, 11) is -5.98. The lowest BCUT2D eigenvalue weighted by atomic mass is 10.00. The summed E-state index contributed by atoms with van der Waals surface area (Å²) < 4.78 is 76.5. The van der Waals surface area contributed by atoms with Crippen molar-refractivity contribution in [2.75, 3.05) is 9.80 Å². The highest BCUT2D eigenvalue weighted by molar-refractivity contribution is 7.88. The van der Waals surface area contributed by atoms with Crippen LogP contribution >= 0.6 is 0 Å². The van der Waals surface area contributed by atoms with Gasteiger partial charge >= 0.3 is 15.6 Å². The van der Waals surface area contributed by atoms with E-state index in [-0.39, 0.29) is 5.39 Å². The van der Waals surface area contributed by atoms with Crippen molar-refractivity contribution in [3.8, 4) is 5.75 Å². The summed E-state index contributed by atoms with van der Waals surface area (Å²) in [5.74, 6) is -0.477. The second-order valence-corrected chi connectivity index (χ2v) is 13.3. The fourth-order valence-electron chi connectivity index (χ4n) is 6.39. The first-order valence-corrected chi connectivity index (χ1v) is 17.3. The smallest absolute Gasteiger partial charge is 0.456 e. The molecule has 0 bridgehead atoms. The summed E-state index contributed by atoms with van der Waals surface area (Å²) in [6, 6.07) is 50.7. The fraction of sp³-hybridized carbons (Fsp3) is 0.0244. The minimum Gasteiger partial charge on any atom is -0.456 e. The number of nitrogens with zero attached hydrogens (tertiary/aromatic N) is 2. The van der Waals surface area contributed by atoms with Crippen LogP contribution in [0.5, 0.6) is 5.75 Å². The molecule has 252 valence electrons. The quantitative estimate of drug-likeness (QED) is 0.116. The van der Waals surface area contributed by atoms with Gasteiger partial charge in [0.15, 0.2) is 5.75 Å². The van der Waals surface area contributed by atoms with Gasteiger partial charge in [0.1, 0.15) is 11.2 Å². The van der Waals surface area contributed by atoms with Crippen molar-refractivity contribution in [2.24, 2.45) is 0 Å². The zero-order valence-corrected chi connectivity index (χ0v) is 27.5. The first-order valence-electron chi connectivity index (χ1n) is 15.9. The van der Waals surface area contributed by atoms with Crippen LogP contribution in [0.2, 0.25) is 0 Å². The molecule has 0 saturated heterocycles. The van der Waals surface area contributed by atoms with Crippen LogP contribution in [0.3, 0.4) is 0 Å². The van der Waals surface area contributed by atoms with E-state index in [2.05, 4.69) is 4.90 Å². The van der Waals surface area contributed by atoms with Crippen molar-refractivity contribution in [1.29, 1.82) is 0 Å². The Kier molecular flexibility index (Phi) is 7.88. The van der Waals surface area contributed by atoms with Crippen molar-refractivity contribution in [2.45, 2.75) is 5.51 Å². The summed E-state index contributed by atoms with van der Waals surface area (Å²) in [5.41, 5.74) is 0.0190. The van der Waals surface area contributed by atoms with Gasteiger partial charge in [-0.05, 0) is 78.9 Å². The molecule has 1 aromatic heterocycles. The average molecular weight is 701 g/mol. The minimum atomic E-state index is -5.98. The molecule has 0 N–H and O–H groups in total. The Hall–Kier alpha value is -6.26. The first-order chi connectivity index (χ1) is 24.7. The van der Waals surface area contributed by atoms with Crippen LogP contribution in [0.25, 0.3) is 32.7 Å². The number of hydrogen-bond donors (Lipinski definition) is 0. The number of fused-ring (bicyclic) bond motifs is 4. The number of benzene rings is 7. The lowest BCUT2D eigenvalue weighted by Crippen LogP contribution is -2.28. The van der Waals surface area contributed by atoms with Crippen LogP contribution in [-0.2, 0) is 10.1 Å². The molecule has 8 rings (SSSR count). The number of alkyl halides is 3. The van der Waals surface area contributed by atoms with E-state index in [1.807, 2.05) is 144 Å². The highest BCUT2D eigenvalue weighted by Crippen LogP contribution is 2.50. The third kappa shape index (κ3) is 5.79. The Morgan fingerprint density at radius 1 is 0.490 bits per heavy atom. The van der Waals surface area contributed by atoms with Crippen LogP contribution in [-0.4, -0.2) is 13.9 Å². The third-order valence-electron chi connectivity index (χ3n) is 8.55. The summed E-state index contributed by atoms with van der Waals surface area (Å²) in [5, 5.41) is 1.98. The van der Waals surface area contributed by atoms with E-state index in [0.29, 0.717) is 27.6 Å². The minimum absolute atomic E-state index is 0.124. The molecule has 0 radical (unpaired) electrons. The molecule has 0 aliphatic heterocycles. The number of para-hydroxylation sites is 4. The fourth-order valence-corrected chi connectivity index (χ4v) is 6.86. The molecular formula is C41H27F3N2O4S. The van der Waals surface area contributed by atoms with E-state index < -0.39 is 21.4 Å². The van der Waals surface area contributed by atoms with Gasteiger partial charge in [0.25, 0.3) is 0 Å². The van der Waals surface area contributed by atoms with Crippen LogP contribution in [0.15, 0.2) is 168 Å². The van der Waals surface area contributed by atoms with E-state index >= 15 is 0 Å². The second-order valence-electron chi connectivity index (χ2n) is 11.7. The van der Waals surface area contributed by atoms with Gasteiger partial charge < -0.3 is 18.4 Å². The Morgan fingerprint density at radius 3 is 1.51 bits per heavy atom. The monoisotopic (exact) mass is 700 g/mol. The van der Waals surface area contributed by atoms with Crippen LogP contribution < -0.4 is 14.0 Å². The molecule has 0 atom stereocenters. The average Bonchev–Trinajstić information content (AvgIpc) is 3.51. The first kappa shape index (κ1) is 32.0. The zero-order valence-electron chi connectivity index (χ0n) is 26.7. The van der Waals surface area contributed by atoms with Gasteiger partial charge in [-0.1, -0.05) is 84.9 Å². The molecule has 8 aromatic rings. The van der Waals surface area contributed by atoms with Gasteiger partial charge in [-0.25, -0.2) is 0 Å². The Morgan fingerprint density at radius 2 is 1.00 bits per heavy atom.